The number of rotatable bonds is 4. The summed E-state index contributed by atoms with van der Waals surface area (Å²) in [5.41, 5.74) is 2.49. The van der Waals surface area contributed by atoms with E-state index in [0.717, 1.165) is 5.56 Å². The van der Waals surface area contributed by atoms with Crippen molar-refractivity contribution in [1.82, 2.24) is 14.6 Å². The summed E-state index contributed by atoms with van der Waals surface area (Å²) in [6, 6.07) is 18.8. The quantitative estimate of drug-likeness (QED) is 0.549. The number of fused-ring (bicyclic) bond motifs is 2. The van der Waals surface area contributed by atoms with Gasteiger partial charge in [0.25, 0.3) is 15.9 Å². The van der Waals surface area contributed by atoms with Crippen molar-refractivity contribution in [3.8, 4) is 0 Å². The van der Waals surface area contributed by atoms with Gasteiger partial charge in [0.2, 0.25) is 5.95 Å². The summed E-state index contributed by atoms with van der Waals surface area (Å²) in [7, 11) is -3.78. The van der Waals surface area contributed by atoms with Gasteiger partial charge in [0.1, 0.15) is 0 Å². The zero-order valence-corrected chi connectivity index (χ0v) is 16.6. The van der Waals surface area contributed by atoms with E-state index in [9.17, 15) is 13.2 Å². The number of anilines is 2. The highest BCUT2D eigenvalue weighted by atomic mass is 32.2. The number of pyridine rings is 1. The number of benzene rings is 2. The molecule has 1 amide bonds. The highest BCUT2D eigenvalue weighted by Gasteiger charge is 2.31. The molecule has 0 saturated carbocycles. The maximum atomic E-state index is 13.2. The minimum Gasteiger partial charge on any atom is -0.290 e. The first-order valence-corrected chi connectivity index (χ1v) is 10.8. The van der Waals surface area contributed by atoms with E-state index in [1.807, 2.05) is 24.3 Å². The number of hydrogen-bond donors (Lipinski definition) is 1. The lowest BCUT2D eigenvalue weighted by Gasteiger charge is -2.19. The van der Waals surface area contributed by atoms with Gasteiger partial charge < -0.3 is 0 Å². The second-order valence-electron chi connectivity index (χ2n) is 6.89. The molecule has 0 atom stereocenters. The first-order valence-electron chi connectivity index (χ1n) is 9.36. The Morgan fingerprint density at radius 3 is 2.70 bits per heavy atom. The summed E-state index contributed by atoms with van der Waals surface area (Å²) in [6.45, 7) is 0.379. The van der Waals surface area contributed by atoms with Crippen LogP contribution in [0, 0.1) is 0 Å². The Kier molecular flexibility index (Phi) is 4.25. The van der Waals surface area contributed by atoms with Gasteiger partial charge in [-0.05, 0) is 48.4 Å². The van der Waals surface area contributed by atoms with Crippen molar-refractivity contribution < 1.29 is 13.2 Å². The fourth-order valence-corrected chi connectivity index (χ4v) is 5.13. The molecule has 3 heterocycles. The van der Waals surface area contributed by atoms with Crippen LogP contribution in [0.4, 0.5) is 11.6 Å². The number of carbonyl (C=O) groups excluding carboxylic acids is 1. The number of nitrogens with one attached hydrogen (secondary N) is 1. The Morgan fingerprint density at radius 1 is 0.967 bits per heavy atom. The predicted octanol–water partition coefficient (Wildman–Crippen LogP) is 2.73. The molecule has 30 heavy (non-hydrogen) atoms. The van der Waals surface area contributed by atoms with Crippen LogP contribution in [0.3, 0.4) is 0 Å². The Balaban J connectivity index is 1.45. The Hall–Kier alpha value is -3.72. The first kappa shape index (κ1) is 18.3. The summed E-state index contributed by atoms with van der Waals surface area (Å²) in [4.78, 5) is 12.8. The third-order valence-corrected chi connectivity index (χ3v) is 6.88. The number of para-hydroxylation sites is 1. The predicted molar refractivity (Wildman–Crippen MR) is 112 cm³/mol. The lowest BCUT2D eigenvalue weighted by Crippen LogP contribution is -2.29. The molecule has 9 heteroatoms. The van der Waals surface area contributed by atoms with Gasteiger partial charge in [-0.15, -0.1) is 10.2 Å². The average Bonchev–Trinajstić information content (AvgIpc) is 3.39. The van der Waals surface area contributed by atoms with E-state index in [1.54, 1.807) is 40.9 Å². The van der Waals surface area contributed by atoms with Crippen LogP contribution >= 0.6 is 0 Å². The minimum absolute atomic E-state index is 0.0676. The lowest BCUT2D eigenvalue weighted by atomic mass is 10.2. The molecule has 0 unspecified atom stereocenters. The third kappa shape index (κ3) is 3.00. The summed E-state index contributed by atoms with van der Waals surface area (Å²) in [5.74, 6) is -0.204. The number of aromatic nitrogens is 3. The topological polar surface area (TPSA) is 96.7 Å². The molecule has 4 aromatic rings. The van der Waals surface area contributed by atoms with Gasteiger partial charge in [-0.25, -0.2) is 8.42 Å². The molecule has 2 aromatic carbocycles. The largest absolute Gasteiger partial charge is 0.290 e. The smallest absolute Gasteiger partial charge is 0.264 e. The van der Waals surface area contributed by atoms with Gasteiger partial charge in [0.05, 0.1) is 10.6 Å². The molecular formula is C21H17N5O3S. The normalized spacial score (nSPS) is 13.4. The molecule has 150 valence electrons. The van der Waals surface area contributed by atoms with Gasteiger partial charge in [-0.3, -0.25) is 18.8 Å². The minimum atomic E-state index is -3.78. The van der Waals surface area contributed by atoms with E-state index in [-0.39, 0.29) is 16.4 Å². The highest BCUT2D eigenvalue weighted by Crippen LogP contribution is 2.32. The molecule has 1 aliphatic heterocycles. The van der Waals surface area contributed by atoms with Crippen LogP contribution in [0.2, 0.25) is 0 Å². The second kappa shape index (κ2) is 6.96. The number of nitrogens with zero attached hydrogens (tertiary/aromatic N) is 4. The molecule has 5 rings (SSSR count). The Labute approximate surface area is 172 Å². The zero-order valence-electron chi connectivity index (χ0n) is 15.8. The molecule has 0 aliphatic carbocycles. The van der Waals surface area contributed by atoms with Crippen molar-refractivity contribution in [3.63, 3.8) is 0 Å². The van der Waals surface area contributed by atoms with Gasteiger partial charge in [-0.2, -0.15) is 0 Å². The number of hydrogen-bond acceptors (Lipinski definition) is 5. The van der Waals surface area contributed by atoms with Crippen molar-refractivity contribution >= 4 is 33.2 Å². The van der Waals surface area contributed by atoms with E-state index in [2.05, 4.69) is 15.5 Å². The Morgan fingerprint density at radius 2 is 1.80 bits per heavy atom. The van der Waals surface area contributed by atoms with Crippen molar-refractivity contribution in [1.29, 1.82) is 0 Å². The Bertz CT molecular complexity index is 1380. The maximum absolute atomic E-state index is 13.2. The van der Waals surface area contributed by atoms with Gasteiger partial charge >= 0.3 is 0 Å². The van der Waals surface area contributed by atoms with Crippen molar-refractivity contribution in [2.24, 2.45) is 0 Å². The monoisotopic (exact) mass is 419 g/mol. The van der Waals surface area contributed by atoms with Crippen LogP contribution in [-0.2, 0) is 16.4 Å². The van der Waals surface area contributed by atoms with E-state index in [1.165, 1.54) is 16.4 Å². The summed E-state index contributed by atoms with van der Waals surface area (Å²) < 4.78 is 29.5. The summed E-state index contributed by atoms with van der Waals surface area (Å²) in [6.07, 6.45) is 2.40. The fraction of sp³-hybridized carbons (Fsp3) is 0.0952. The standard InChI is InChI=1S/C21H17N5O3S/c27-20(22-21-24-23-19-10-3-4-12-25(19)21)16-7-5-8-17(14-16)30(28,29)26-13-11-15-6-1-2-9-18(15)26/h1-10,12,14H,11,13H2,(H,22,24,27). The molecule has 1 N–H and O–H groups in total. The first-order chi connectivity index (χ1) is 14.5. The van der Waals surface area contributed by atoms with Gasteiger partial charge in [0.15, 0.2) is 5.65 Å². The maximum Gasteiger partial charge on any atom is 0.264 e. The van der Waals surface area contributed by atoms with Crippen LogP contribution in [0.15, 0.2) is 77.8 Å². The fourth-order valence-electron chi connectivity index (χ4n) is 3.58. The molecule has 0 saturated heterocycles. The molecular weight excluding hydrogens is 402 g/mol. The molecule has 8 nitrogen and oxygen atoms in total. The van der Waals surface area contributed by atoms with Crippen molar-refractivity contribution in [2.75, 3.05) is 16.2 Å². The second-order valence-corrected chi connectivity index (χ2v) is 8.75. The van der Waals surface area contributed by atoms with Crippen LogP contribution in [0.25, 0.3) is 5.65 Å². The molecule has 0 spiro atoms. The van der Waals surface area contributed by atoms with Gasteiger partial charge in [-0.1, -0.05) is 30.3 Å². The third-order valence-electron chi connectivity index (χ3n) is 5.07. The van der Waals surface area contributed by atoms with Crippen LogP contribution in [-0.4, -0.2) is 35.5 Å². The highest BCUT2D eigenvalue weighted by molar-refractivity contribution is 7.92. The van der Waals surface area contributed by atoms with E-state index >= 15 is 0 Å². The van der Waals surface area contributed by atoms with Crippen LogP contribution in [0.5, 0.6) is 0 Å². The number of amides is 1. The lowest BCUT2D eigenvalue weighted by molar-refractivity contribution is 0.102. The van der Waals surface area contributed by atoms with Gasteiger partial charge in [0, 0.05) is 18.3 Å². The van der Waals surface area contributed by atoms with E-state index < -0.39 is 15.9 Å². The number of sulfonamides is 1. The molecule has 2 aromatic heterocycles. The molecule has 0 radical (unpaired) electrons. The summed E-state index contributed by atoms with van der Waals surface area (Å²) in [5, 5.41) is 10.7. The van der Waals surface area contributed by atoms with Crippen LogP contribution in [0.1, 0.15) is 15.9 Å². The zero-order chi connectivity index (χ0) is 20.7. The van der Waals surface area contributed by atoms with E-state index in [0.29, 0.717) is 24.3 Å². The molecule has 0 fully saturated rings. The van der Waals surface area contributed by atoms with Crippen molar-refractivity contribution in [3.05, 3.63) is 84.1 Å². The molecule has 1 aliphatic rings. The number of carbonyl (C=O) groups is 1. The molecule has 0 bridgehead atoms. The van der Waals surface area contributed by atoms with Crippen molar-refractivity contribution in [2.45, 2.75) is 11.3 Å². The SMILES string of the molecule is O=C(Nc1nnc2ccccn12)c1cccc(S(=O)(=O)N2CCc3ccccc32)c1. The van der Waals surface area contributed by atoms with Crippen LogP contribution < -0.4 is 9.62 Å². The average molecular weight is 419 g/mol. The summed E-state index contributed by atoms with van der Waals surface area (Å²) >= 11 is 0. The van der Waals surface area contributed by atoms with E-state index in [4.69, 9.17) is 0 Å².